The van der Waals surface area contributed by atoms with E-state index in [-0.39, 0.29) is 11.9 Å². The Hall–Kier alpha value is -1.14. The molecule has 0 bridgehead atoms. The molecule has 6 heteroatoms. The van der Waals surface area contributed by atoms with E-state index in [0.29, 0.717) is 26.1 Å². The quantitative estimate of drug-likeness (QED) is 0.711. The second kappa shape index (κ2) is 7.45. The van der Waals surface area contributed by atoms with Gasteiger partial charge in [-0.1, -0.05) is 6.92 Å². The number of carbonyl (C=O) groups excluding carboxylic acids is 1. The van der Waals surface area contributed by atoms with E-state index in [1.807, 2.05) is 25.7 Å². The maximum atomic E-state index is 11.6. The normalized spacial score (nSPS) is 19.4. The van der Waals surface area contributed by atoms with Crippen LogP contribution in [0, 0.1) is 0 Å². The molecule has 0 aromatic carbocycles. The lowest BCUT2D eigenvalue weighted by Crippen LogP contribution is -2.54. The van der Waals surface area contributed by atoms with Gasteiger partial charge in [0.05, 0.1) is 6.54 Å². The van der Waals surface area contributed by atoms with Gasteiger partial charge in [-0.25, -0.2) is 0 Å². The van der Waals surface area contributed by atoms with Crippen molar-refractivity contribution in [3.8, 4) is 0 Å². The van der Waals surface area contributed by atoms with Crippen LogP contribution < -0.4 is 5.32 Å². The van der Waals surface area contributed by atoms with Crippen LogP contribution in [-0.2, 0) is 9.59 Å². The van der Waals surface area contributed by atoms with Crippen molar-refractivity contribution in [3.05, 3.63) is 0 Å². The van der Waals surface area contributed by atoms with Crippen LogP contribution in [0.25, 0.3) is 0 Å². The number of rotatable bonds is 6. The molecule has 1 aliphatic rings. The van der Waals surface area contributed by atoms with E-state index in [2.05, 4.69) is 10.2 Å². The highest BCUT2D eigenvalue weighted by molar-refractivity contribution is 5.78. The Kier molecular flexibility index (Phi) is 6.24. The van der Waals surface area contributed by atoms with Crippen molar-refractivity contribution in [1.29, 1.82) is 0 Å². The first-order valence-corrected chi connectivity index (χ1v) is 6.92. The zero-order valence-electron chi connectivity index (χ0n) is 12.1. The molecule has 1 rings (SSSR count). The van der Waals surface area contributed by atoms with Gasteiger partial charge in [-0.05, 0) is 20.3 Å². The average Bonchev–Trinajstić information content (AvgIpc) is 2.30. The van der Waals surface area contributed by atoms with Crippen LogP contribution in [0.3, 0.4) is 0 Å². The molecule has 1 amide bonds. The zero-order chi connectivity index (χ0) is 14.4. The standard InChI is InChI=1S/C13H25N3O3/c1-4-11(13(18)19)16-7-5-15(6-8-16)9-12(17)14-10(2)3/h10-11H,4-9H2,1-3H3,(H,14,17)(H,18,19). The summed E-state index contributed by atoms with van der Waals surface area (Å²) in [6.45, 7) is 9.07. The van der Waals surface area contributed by atoms with Crippen LogP contribution in [0.15, 0.2) is 0 Å². The van der Waals surface area contributed by atoms with Crippen LogP contribution in [0.2, 0.25) is 0 Å². The summed E-state index contributed by atoms with van der Waals surface area (Å²) >= 11 is 0. The number of carboxylic acids is 1. The molecule has 1 saturated heterocycles. The third-order valence-corrected chi connectivity index (χ3v) is 3.34. The predicted octanol–water partition coefficient (Wildman–Crippen LogP) is -0.00820. The van der Waals surface area contributed by atoms with Crippen molar-refractivity contribution in [3.63, 3.8) is 0 Å². The van der Waals surface area contributed by atoms with Crippen molar-refractivity contribution in [2.45, 2.75) is 39.3 Å². The number of amides is 1. The molecule has 19 heavy (non-hydrogen) atoms. The van der Waals surface area contributed by atoms with Gasteiger partial charge in [-0.3, -0.25) is 19.4 Å². The number of carbonyl (C=O) groups is 2. The van der Waals surface area contributed by atoms with Crippen LogP contribution >= 0.6 is 0 Å². The van der Waals surface area contributed by atoms with Gasteiger partial charge in [0.15, 0.2) is 0 Å². The highest BCUT2D eigenvalue weighted by Crippen LogP contribution is 2.09. The average molecular weight is 271 g/mol. The fourth-order valence-corrected chi connectivity index (χ4v) is 2.39. The smallest absolute Gasteiger partial charge is 0.320 e. The van der Waals surface area contributed by atoms with Crippen molar-refractivity contribution < 1.29 is 14.7 Å². The lowest BCUT2D eigenvalue weighted by molar-refractivity contribution is -0.144. The number of nitrogens with zero attached hydrogens (tertiary/aromatic N) is 2. The van der Waals surface area contributed by atoms with Gasteiger partial charge in [0.2, 0.25) is 5.91 Å². The van der Waals surface area contributed by atoms with E-state index in [1.165, 1.54) is 0 Å². The van der Waals surface area contributed by atoms with Gasteiger partial charge >= 0.3 is 5.97 Å². The summed E-state index contributed by atoms with van der Waals surface area (Å²) in [4.78, 5) is 26.8. The third-order valence-electron chi connectivity index (χ3n) is 3.34. The minimum Gasteiger partial charge on any atom is -0.480 e. The Labute approximate surface area is 114 Å². The minimum absolute atomic E-state index is 0.0359. The summed E-state index contributed by atoms with van der Waals surface area (Å²) in [6.07, 6.45) is 0.614. The Bertz CT molecular complexity index is 312. The van der Waals surface area contributed by atoms with Crippen LogP contribution in [0.1, 0.15) is 27.2 Å². The number of carboxylic acid groups (broad SMARTS) is 1. The van der Waals surface area contributed by atoms with E-state index in [0.717, 1.165) is 13.1 Å². The fraction of sp³-hybridized carbons (Fsp3) is 0.846. The molecule has 1 fully saturated rings. The van der Waals surface area contributed by atoms with E-state index in [1.54, 1.807) is 0 Å². The summed E-state index contributed by atoms with van der Waals surface area (Å²) < 4.78 is 0. The van der Waals surface area contributed by atoms with E-state index in [9.17, 15) is 9.59 Å². The Morgan fingerprint density at radius 2 is 1.79 bits per heavy atom. The van der Waals surface area contributed by atoms with Gasteiger partial charge in [0.1, 0.15) is 6.04 Å². The molecule has 0 aromatic heterocycles. The summed E-state index contributed by atoms with van der Waals surface area (Å²) in [6, 6.07) is -0.239. The van der Waals surface area contributed by atoms with E-state index >= 15 is 0 Å². The maximum Gasteiger partial charge on any atom is 0.320 e. The number of aliphatic carboxylic acids is 1. The minimum atomic E-state index is -0.756. The van der Waals surface area contributed by atoms with Crippen LogP contribution in [0.4, 0.5) is 0 Å². The summed E-state index contributed by atoms with van der Waals surface area (Å²) in [7, 11) is 0. The molecule has 0 radical (unpaired) electrons. The molecule has 0 spiro atoms. The van der Waals surface area contributed by atoms with Crippen LogP contribution in [-0.4, -0.2) is 71.6 Å². The fourth-order valence-electron chi connectivity index (χ4n) is 2.39. The van der Waals surface area contributed by atoms with Crippen LogP contribution in [0.5, 0.6) is 0 Å². The Morgan fingerprint density at radius 3 is 2.21 bits per heavy atom. The molecule has 2 N–H and O–H groups in total. The number of hydrogen-bond acceptors (Lipinski definition) is 4. The van der Waals surface area contributed by atoms with Gasteiger partial charge < -0.3 is 10.4 Å². The summed E-state index contributed by atoms with van der Waals surface area (Å²) in [5.41, 5.74) is 0. The molecule has 110 valence electrons. The summed E-state index contributed by atoms with van der Waals surface area (Å²) in [5.74, 6) is -0.720. The monoisotopic (exact) mass is 271 g/mol. The number of nitrogens with one attached hydrogen (secondary N) is 1. The van der Waals surface area contributed by atoms with Crippen molar-refractivity contribution in [2.75, 3.05) is 32.7 Å². The first-order chi connectivity index (χ1) is 8.93. The lowest BCUT2D eigenvalue weighted by atomic mass is 10.1. The first-order valence-electron chi connectivity index (χ1n) is 6.92. The largest absolute Gasteiger partial charge is 0.480 e. The molecule has 0 aromatic rings. The lowest BCUT2D eigenvalue weighted by Gasteiger charge is -2.37. The summed E-state index contributed by atoms with van der Waals surface area (Å²) in [5, 5.41) is 12.0. The Morgan fingerprint density at radius 1 is 1.21 bits per heavy atom. The SMILES string of the molecule is CCC(C(=O)O)N1CCN(CC(=O)NC(C)C)CC1. The zero-order valence-corrected chi connectivity index (χ0v) is 12.1. The van der Waals surface area contributed by atoms with Crippen molar-refractivity contribution in [1.82, 2.24) is 15.1 Å². The molecule has 1 heterocycles. The molecule has 1 unspecified atom stereocenters. The molecule has 1 atom stereocenters. The highest BCUT2D eigenvalue weighted by Gasteiger charge is 2.27. The van der Waals surface area contributed by atoms with Gasteiger partial charge in [0.25, 0.3) is 0 Å². The second-order valence-corrected chi connectivity index (χ2v) is 5.30. The molecule has 0 aliphatic carbocycles. The first kappa shape index (κ1) is 15.9. The van der Waals surface area contributed by atoms with Crippen molar-refractivity contribution >= 4 is 11.9 Å². The van der Waals surface area contributed by atoms with E-state index in [4.69, 9.17) is 5.11 Å². The second-order valence-electron chi connectivity index (χ2n) is 5.30. The maximum absolute atomic E-state index is 11.6. The molecular formula is C13H25N3O3. The Balaban J connectivity index is 2.36. The predicted molar refractivity (Wildman–Crippen MR) is 73.0 cm³/mol. The topological polar surface area (TPSA) is 72.9 Å². The molecule has 0 saturated carbocycles. The van der Waals surface area contributed by atoms with Crippen molar-refractivity contribution in [2.24, 2.45) is 0 Å². The van der Waals surface area contributed by atoms with Gasteiger partial charge in [-0.2, -0.15) is 0 Å². The number of hydrogen-bond donors (Lipinski definition) is 2. The third kappa shape index (κ3) is 5.16. The van der Waals surface area contributed by atoms with Gasteiger partial charge in [-0.15, -0.1) is 0 Å². The molecular weight excluding hydrogens is 246 g/mol. The van der Waals surface area contributed by atoms with Gasteiger partial charge in [0, 0.05) is 32.2 Å². The molecule has 6 nitrogen and oxygen atoms in total. The highest BCUT2D eigenvalue weighted by atomic mass is 16.4. The number of piperazine rings is 1. The van der Waals surface area contributed by atoms with E-state index < -0.39 is 12.0 Å². The molecule has 1 aliphatic heterocycles.